The molecule has 0 aliphatic rings. The van der Waals surface area contributed by atoms with Gasteiger partial charge in [0.1, 0.15) is 11.5 Å². The van der Waals surface area contributed by atoms with Crippen LogP contribution in [0.1, 0.15) is 37.5 Å². The van der Waals surface area contributed by atoms with Crippen molar-refractivity contribution >= 4 is 11.6 Å². The highest BCUT2D eigenvalue weighted by Crippen LogP contribution is 2.35. The van der Waals surface area contributed by atoms with Crippen molar-refractivity contribution in [3.8, 4) is 11.5 Å². The average Bonchev–Trinajstić information content (AvgIpc) is 2.40. The highest BCUT2D eigenvalue weighted by molar-refractivity contribution is 6.17. The summed E-state index contributed by atoms with van der Waals surface area (Å²) in [5.41, 5.74) is 3.45. The van der Waals surface area contributed by atoms with Gasteiger partial charge in [-0.1, -0.05) is 56.7 Å². The van der Waals surface area contributed by atoms with E-state index in [9.17, 15) is 0 Å². The second-order valence-corrected chi connectivity index (χ2v) is 6.36. The highest BCUT2D eigenvalue weighted by atomic mass is 35.5. The summed E-state index contributed by atoms with van der Waals surface area (Å²) in [6.07, 6.45) is 0. The Morgan fingerprint density at radius 3 is 2.35 bits per heavy atom. The third kappa shape index (κ3) is 3.34. The molecule has 106 valence electrons. The lowest BCUT2D eigenvalue weighted by atomic mass is 9.86. The van der Waals surface area contributed by atoms with E-state index in [0.717, 1.165) is 17.1 Å². The van der Waals surface area contributed by atoms with Crippen molar-refractivity contribution in [2.75, 3.05) is 0 Å². The van der Waals surface area contributed by atoms with Crippen LogP contribution < -0.4 is 4.74 Å². The molecule has 2 heteroatoms. The molecule has 0 spiro atoms. The lowest BCUT2D eigenvalue weighted by Gasteiger charge is -2.23. The molecule has 2 rings (SSSR count). The van der Waals surface area contributed by atoms with Crippen LogP contribution in [0.4, 0.5) is 0 Å². The molecule has 0 saturated heterocycles. The minimum atomic E-state index is 0.0441. The van der Waals surface area contributed by atoms with Gasteiger partial charge in [0, 0.05) is 11.1 Å². The Bertz CT molecular complexity index is 597. The molecule has 2 aromatic carbocycles. The number of aryl methyl sites for hydroxylation is 1. The number of rotatable bonds is 3. The Kier molecular flexibility index (Phi) is 4.39. The molecular weight excluding hydrogens is 268 g/mol. The zero-order valence-corrected chi connectivity index (χ0v) is 13.3. The molecule has 0 bridgehead atoms. The summed E-state index contributed by atoms with van der Waals surface area (Å²) in [4.78, 5) is 0. The number of halogens is 1. The van der Waals surface area contributed by atoms with Crippen molar-refractivity contribution in [2.24, 2.45) is 0 Å². The predicted octanol–water partition coefficient (Wildman–Crippen LogP) is 5.82. The predicted molar refractivity (Wildman–Crippen MR) is 86.0 cm³/mol. The van der Waals surface area contributed by atoms with Gasteiger partial charge in [-0.3, -0.25) is 0 Å². The van der Waals surface area contributed by atoms with Gasteiger partial charge in [-0.2, -0.15) is 0 Å². The number of hydrogen-bond donors (Lipinski definition) is 0. The number of alkyl halides is 1. The minimum absolute atomic E-state index is 0.0441. The Morgan fingerprint density at radius 2 is 1.70 bits per heavy atom. The summed E-state index contributed by atoms with van der Waals surface area (Å²) >= 11 is 6.02. The van der Waals surface area contributed by atoms with E-state index in [-0.39, 0.29) is 5.41 Å². The van der Waals surface area contributed by atoms with E-state index in [0.29, 0.717) is 5.88 Å². The van der Waals surface area contributed by atoms with Crippen LogP contribution in [0.2, 0.25) is 0 Å². The molecule has 0 radical (unpaired) electrons. The van der Waals surface area contributed by atoms with Gasteiger partial charge >= 0.3 is 0 Å². The monoisotopic (exact) mass is 288 g/mol. The van der Waals surface area contributed by atoms with E-state index >= 15 is 0 Å². The van der Waals surface area contributed by atoms with Crippen LogP contribution in [-0.4, -0.2) is 0 Å². The van der Waals surface area contributed by atoms with Gasteiger partial charge in [-0.15, -0.1) is 11.6 Å². The molecule has 0 atom stereocenters. The lowest BCUT2D eigenvalue weighted by molar-refractivity contribution is 0.452. The van der Waals surface area contributed by atoms with Gasteiger partial charge in [-0.05, 0) is 24.5 Å². The summed E-state index contributed by atoms with van der Waals surface area (Å²) in [5, 5.41) is 0. The van der Waals surface area contributed by atoms with Crippen molar-refractivity contribution in [3.05, 3.63) is 59.2 Å². The molecular formula is C18H21ClO. The summed E-state index contributed by atoms with van der Waals surface area (Å²) in [6.45, 7) is 8.62. The van der Waals surface area contributed by atoms with E-state index in [1.165, 1.54) is 11.1 Å². The first-order valence-electron chi connectivity index (χ1n) is 6.84. The number of hydrogen-bond acceptors (Lipinski definition) is 1. The first-order valence-corrected chi connectivity index (χ1v) is 7.38. The van der Waals surface area contributed by atoms with Crippen LogP contribution >= 0.6 is 11.6 Å². The van der Waals surface area contributed by atoms with Crippen LogP contribution in [0.25, 0.3) is 0 Å². The van der Waals surface area contributed by atoms with Crippen molar-refractivity contribution < 1.29 is 4.74 Å². The first-order chi connectivity index (χ1) is 9.41. The van der Waals surface area contributed by atoms with Crippen molar-refractivity contribution in [1.29, 1.82) is 0 Å². The minimum Gasteiger partial charge on any atom is -0.457 e. The normalized spacial score (nSPS) is 11.4. The number of ether oxygens (including phenoxy) is 1. The standard InChI is InChI=1S/C18H21ClO/c1-13-9-10-16(14(11-13)12-19)20-17-8-6-5-7-15(17)18(2,3)4/h5-11H,12H2,1-4H3. The topological polar surface area (TPSA) is 9.23 Å². The molecule has 0 aliphatic heterocycles. The Hall–Kier alpha value is -1.47. The van der Waals surface area contributed by atoms with Gasteiger partial charge in [0.25, 0.3) is 0 Å². The first kappa shape index (κ1) is 14.9. The fraction of sp³-hybridized carbons (Fsp3) is 0.333. The zero-order chi connectivity index (χ0) is 14.8. The summed E-state index contributed by atoms with van der Waals surface area (Å²) in [6, 6.07) is 14.3. The van der Waals surface area contributed by atoms with Crippen LogP contribution in [0.5, 0.6) is 11.5 Å². The molecule has 0 N–H and O–H groups in total. The Balaban J connectivity index is 2.41. The van der Waals surface area contributed by atoms with E-state index in [4.69, 9.17) is 16.3 Å². The largest absolute Gasteiger partial charge is 0.457 e. The van der Waals surface area contributed by atoms with E-state index in [2.05, 4.69) is 39.8 Å². The summed E-state index contributed by atoms with van der Waals surface area (Å²) in [5.74, 6) is 2.19. The van der Waals surface area contributed by atoms with Crippen LogP contribution in [-0.2, 0) is 11.3 Å². The molecule has 0 saturated carbocycles. The lowest BCUT2D eigenvalue weighted by Crippen LogP contribution is -2.12. The van der Waals surface area contributed by atoms with Gasteiger partial charge in [-0.25, -0.2) is 0 Å². The number of benzene rings is 2. The second-order valence-electron chi connectivity index (χ2n) is 6.09. The van der Waals surface area contributed by atoms with Crippen molar-refractivity contribution in [3.63, 3.8) is 0 Å². The van der Waals surface area contributed by atoms with Crippen LogP contribution in [0.15, 0.2) is 42.5 Å². The molecule has 0 heterocycles. The van der Waals surface area contributed by atoms with Crippen LogP contribution in [0, 0.1) is 6.92 Å². The molecule has 0 amide bonds. The zero-order valence-electron chi connectivity index (χ0n) is 12.5. The van der Waals surface area contributed by atoms with Crippen molar-refractivity contribution in [2.45, 2.75) is 39.0 Å². The third-order valence-corrected chi connectivity index (χ3v) is 3.56. The summed E-state index contributed by atoms with van der Waals surface area (Å²) < 4.78 is 6.13. The van der Waals surface area contributed by atoms with Crippen LogP contribution in [0.3, 0.4) is 0 Å². The van der Waals surface area contributed by atoms with E-state index in [1.807, 2.05) is 30.3 Å². The molecule has 0 unspecified atom stereocenters. The van der Waals surface area contributed by atoms with Gasteiger partial charge in [0.05, 0.1) is 5.88 Å². The molecule has 1 nitrogen and oxygen atoms in total. The van der Waals surface area contributed by atoms with Crippen molar-refractivity contribution in [1.82, 2.24) is 0 Å². The smallest absolute Gasteiger partial charge is 0.131 e. The molecule has 0 fully saturated rings. The summed E-state index contributed by atoms with van der Waals surface area (Å²) in [7, 11) is 0. The molecule has 0 aromatic heterocycles. The average molecular weight is 289 g/mol. The SMILES string of the molecule is Cc1ccc(Oc2ccccc2C(C)(C)C)c(CCl)c1. The quantitative estimate of drug-likeness (QED) is 0.646. The van der Waals surface area contributed by atoms with E-state index < -0.39 is 0 Å². The van der Waals surface area contributed by atoms with Gasteiger partial charge in [0.15, 0.2) is 0 Å². The van der Waals surface area contributed by atoms with Gasteiger partial charge in [0.2, 0.25) is 0 Å². The highest BCUT2D eigenvalue weighted by Gasteiger charge is 2.19. The number of para-hydroxylation sites is 1. The fourth-order valence-electron chi connectivity index (χ4n) is 2.21. The maximum absolute atomic E-state index is 6.13. The second kappa shape index (κ2) is 5.88. The Labute approximate surface area is 126 Å². The maximum atomic E-state index is 6.13. The fourth-order valence-corrected chi connectivity index (χ4v) is 2.41. The third-order valence-electron chi connectivity index (χ3n) is 3.27. The molecule has 2 aromatic rings. The van der Waals surface area contributed by atoms with Gasteiger partial charge < -0.3 is 4.74 Å². The molecule has 20 heavy (non-hydrogen) atoms. The molecule has 0 aliphatic carbocycles. The maximum Gasteiger partial charge on any atom is 0.131 e. The van der Waals surface area contributed by atoms with E-state index in [1.54, 1.807) is 0 Å². The Morgan fingerprint density at radius 1 is 1.00 bits per heavy atom.